The van der Waals surface area contributed by atoms with Crippen LogP contribution in [0.3, 0.4) is 0 Å². The molecule has 0 saturated carbocycles. The number of hydrogen-bond donors (Lipinski definition) is 0. The van der Waals surface area contributed by atoms with E-state index < -0.39 is 6.55 Å². The topological polar surface area (TPSA) is 38.1 Å². The van der Waals surface area contributed by atoms with E-state index in [2.05, 4.69) is 17.2 Å². The third-order valence-electron chi connectivity index (χ3n) is 4.52. The van der Waals surface area contributed by atoms with Crippen LogP contribution >= 0.6 is 0 Å². The summed E-state index contributed by atoms with van der Waals surface area (Å²) < 4.78 is 25.8. The number of carbonyl (C=O) groups excluding carboxylic acids is 1. The lowest BCUT2D eigenvalue weighted by Gasteiger charge is -2.35. The minimum atomic E-state index is -2.72. The first-order chi connectivity index (χ1) is 11.6. The minimum absolute atomic E-state index is 0.0990. The average Bonchev–Trinajstić information content (AvgIpc) is 3.11. The Kier molecular flexibility index (Phi) is 5.23. The fraction of sp³-hybridized carbons (Fsp3) is 0.444. The number of alkyl halides is 2. The van der Waals surface area contributed by atoms with Gasteiger partial charge in [-0.05, 0) is 43.7 Å². The molecule has 1 aromatic heterocycles. The molecule has 4 nitrogen and oxygen atoms in total. The van der Waals surface area contributed by atoms with Crippen LogP contribution in [-0.2, 0) is 6.42 Å². The third-order valence-corrected chi connectivity index (χ3v) is 4.52. The second-order valence-corrected chi connectivity index (χ2v) is 6.13. The second-order valence-electron chi connectivity index (χ2n) is 6.13. The Labute approximate surface area is 140 Å². The molecule has 128 valence electrons. The molecule has 0 spiro atoms. The predicted octanol–water partition coefficient (Wildman–Crippen LogP) is 3.91. The Morgan fingerprint density at radius 1 is 1.21 bits per heavy atom. The number of hydrogen-bond acceptors (Lipinski definition) is 2. The number of amides is 1. The number of aryl methyl sites for hydroxylation is 1. The van der Waals surface area contributed by atoms with Gasteiger partial charge < -0.3 is 4.90 Å². The maximum absolute atomic E-state index is 12.7. The van der Waals surface area contributed by atoms with Crippen molar-refractivity contribution < 1.29 is 13.6 Å². The van der Waals surface area contributed by atoms with Crippen molar-refractivity contribution in [3.8, 4) is 0 Å². The van der Waals surface area contributed by atoms with Crippen molar-refractivity contribution >= 4 is 5.91 Å². The van der Waals surface area contributed by atoms with E-state index in [9.17, 15) is 13.6 Å². The molecule has 2 aromatic rings. The van der Waals surface area contributed by atoms with Gasteiger partial charge >= 0.3 is 6.55 Å². The van der Waals surface area contributed by atoms with Gasteiger partial charge in [0.2, 0.25) is 0 Å². The van der Waals surface area contributed by atoms with E-state index in [1.807, 2.05) is 23.1 Å². The van der Waals surface area contributed by atoms with Crippen LogP contribution in [0.2, 0.25) is 0 Å². The SMILES string of the molecule is O=C(c1ccn(C(F)F)n1)N1CCCC[C@@H]1CCc1ccccc1. The summed E-state index contributed by atoms with van der Waals surface area (Å²) in [6.07, 6.45) is 5.93. The highest BCUT2D eigenvalue weighted by molar-refractivity contribution is 5.92. The van der Waals surface area contributed by atoms with Crippen LogP contribution in [0, 0.1) is 0 Å². The number of aromatic nitrogens is 2. The molecule has 6 heteroatoms. The van der Waals surface area contributed by atoms with Crippen LogP contribution < -0.4 is 0 Å². The molecule has 0 unspecified atom stereocenters. The molecule has 24 heavy (non-hydrogen) atoms. The van der Waals surface area contributed by atoms with Crippen molar-refractivity contribution in [3.05, 3.63) is 53.9 Å². The molecule has 2 heterocycles. The summed E-state index contributed by atoms with van der Waals surface area (Å²) in [7, 11) is 0. The number of benzene rings is 1. The number of likely N-dealkylation sites (tertiary alicyclic amines) is 1. The van der Waals surface area contributed by atoms with Crippen LogP contribution in [0.25, 0.3) is 0 Å². The molecular formula is C18H21F2N3O. The number of rotatable bonds is 5. The lowest BCUT2D eigenvalue weighted by atomic mass is 9.95. The third kappa shape index (κ3) is 3.80. The molecule has 1 aromatic carbocycles. The van der Waals surface area contributed by atoms with Gasteiger partial charge in [0.25, 0.3) is 5.91 Å². The van der Waals surface area contributed by atoms with Crippen molar-refractivity contribution in [2.75, 3.05) is 6.54 Å². The summed E-state index contributed by atoms with van der Waals surface area (Å²) in [6.45, 7) is -2.05. The maximum Gasteiger partial charge on any atom is 0.333 e. The molecule has 1 fully saturated rings. The van der Waals surface area contributed by atoms with Crippen LogP contribution in [0.1, 0.15) is 48.3 Å². The molecule has 1 saturated heterocycles. The van der Waals surface area contributed by atoms with Gasteiger partial charge in [-0.3, -0.25) is 4.79 Å². The van der Waals surface area contributed by atoms with E-state index in [0.29, 0.717) is 11.2 Å². The van der Waals surface area contributed by atoms with Gasteiger partial charge in [-0.15, -0.1) is 0 Å². The fourth-order valence-corrected chi connectivity index (χ4v) is 3.25. The Morgan fingerprint density at radius 2 is 2.00 bits per heavy atom. The standard InChI is InChI=1S/C18H21F2N3O/c19-18(20)23-13-11-16(21-23)17(24)22-12-5-4-8-15(22)10-9-14-6-2-1-3-7-14/h1-3,6-7,11,13,15,18H,4-5,8-10,12H2/t15-/m1/s1. The summed E-state index contributed by atoms with van der Waals surface area (Å²) in [5, 5.41) is 3.71. The second kappa shape index (κ2) is 7.55. The molecule has 3 rings (SSSR count). The zero-order valence-electron chi connectivity index (χ0n) is 13.4. The van der Waals surface area contributed by atoms with Crippen LogP contribution in [0.15, 0.2) is 42.6 Å². The molecule has 0 aliphatic carbocycles. The zero-order valence-corrected chi connectivity index (χ0v) is 13.4. The van der Waals surface area contributed by atoms with Crippen molar-refractivity contribution in [1.29, 1.82) is 0 Å². The van der Waals surface area contributed by atoms with Crippen LogP contribution in [0.5, 0.6) is 0 Å². The van der Waals surface area contributed by atoms with Gasteiger partial charge in [0.15, 0.2) is 5.69 Å². The summed E-state index contributed by atoms with van der Waals surface area (Å²) in [4.78, 5) is 14.5. The van der Waals surface area contributed by atoms with Gasteiger partial charge in [-0.2, -0.15) is 13.9 Å². The smallest absolute Gasteiger partial charge is 0.333 e. The maximum atomic E-state index is 12.7. The predicted molar refractivity (Wildman–Crippen MR) is 86.9 cm³/mol. The molecule has 0 radical (unpaired) electrons. The summed E-state index contributed by atoms with van der Waals surface area (Å²) in [6, 6.07) is 11.7. The Hall–Kier alpha value is -2.24. The van der Waals surface area contributed by atoms with Crippen molar-refractivity contribution in [3.63, 3.8) is 0 Å². The average molecular weight is 333 g/mol. The minimum Gasteiger partial charge on any atom is -0.334 e. The highest BCUT2D eigenvalue weighted by Crippen LogP contribution is 2.23. The Morgan fingerprint density at radius 3 is 2.71 bits per heavy atom. The van der Waals surface area contributed by atoms with E-state index in [1.54, 1.807) is 0 Å². The highest BCUT2D eigenvalue weighted by atomic mass is 19.3. The highest BCUT2D eigenvalue weighted by Gasteiger charge is 2.28. The van der Waals surface area contributed by atoms with Crippen molar-refractivity contribution in [2.45, 2.75) is 44.7 Å². The summed E-state index contributed by atoms with van der Waals surface area (Å²) in [5.74, 6) is -0.243. The molecule has 1 aliphatic heterocycles. The largest absolute Gasteiger partial charge is 0.334 e. The quantitative estimate of drug-likeness (QED) is 0.832. The first-order valence-corrected chi connectivity index (χ1v) is 8.33. The summed E-state index contributed by atoms with van der Waals surface area (Å²) in [5.41, 5.74) is 1.35. The normalized spacial score (nSPS) is 18.1. The van der Waals surface area contributed by atoms with Gasteiger partial charge in [0.1, 0.15) is 0 Å². The lowest BCUT2D eigenvalue weighted by Crippen LogP contribution is -2.44. The van der Waals surface area contributed by atoms with Gasteiger partial charge in [0.05, 0.1) is 0 Å². The number of carbonyl (C=O) groups is 1. The number of halogens is 2. The first-order valence-electron chi connectivity index (χ1n) is 8.33. The lowest BCUT2D eigenvalue weighted by molar-refractivity contribution is 0.0524. The molecule has 1 aliphatic rings. The first kappa shape index (κ1) is 16.6. The monoisotopic (exact) mass is 333 g/mol. The van der Waals surface area contributed by atoms with Crippen LogP contribution in [-0.4, -0.2) is 33.2 Å². The van der Waals surface area contributed by atoms with Crippen molar-refractivity contribution in [1.82, 2.24) is 14.7 Å². The van der Waals surface area contributed by atoms with E-state index in [1.165, 1.54) is 11.6 Å². The van der Waals surface area contributed by atoms with E-state index in [-0.39, 0.29) is 17.6 Å². The number of piperidine rings is 1. The Balaban J connectivity index is 1.67. The van der Waals surface area contributed by atoms with Crippen LogP contribution in [0.4, 0.5) is 8.78 Å². The fourth-order valence-electron chi connectivity index (χ4n) is 3.25. The molecule has 0 N–H and O–H groups in total. The van der Waals surface area contributed by atoms with Gasteiger partial charge in [0, 0.05) is 18.8 Å². The zero-order chi connectivity index (χ0) is 16.9. The molecular weight excluding hydrogens is 312 g/mol. The van der Waals surface area contributed by atoms with E-state index in [0.717, 1.165) is 38.3 Å². The van der Waals surface area contributed by atoms with Gasteiger partial charge in [-0.25, -0.2) is 4.68 Å². The van der Waals surface area contributed by atoms with E-state index >= 15 is 0 Å². The number of nitrogens with zero attached hydrogens (tertiary/aromatic N) is 3. The van der Waals surface area contributed by atoms with Gasteiger partial charge in [-0.1, -0.05) is 30.3 Å². The molecule has 1 atom stereocenters. The molecule has 1 amide bonds. The Bertz CT molecular complexity index is 672. The van der Waals surface area contributed by atoms with Crippen molar-refractivity contribution in [2.24, 2.45) is 0 Å². The van der Waals surface area contributed by atoms with E-state index in [4.69, 9.17) is 0 Å². The molecule has 0 bridgehead atoms. The summed E-state index contributed by atoms with van der Waals surface area (Å²) >= 11 is 0.